The summed E-state index contributed by atoms with van der Waals surface area (Å²) in [6.07, 6.45) is 8.12. The largest absolute Gasteiger partial charge is 0.393 e. The zero-order chi connectivity index (χ0) is 18.0. The van der Waals surface area contributed by atoms with Crippen LogP contribution in [0.2, 0.25) is 0 Å². The number of nitrogens with zero attached hydrogens (tertiary/aromatic N) is 1. The number of methoxy groups -OCH3 is 1. The van der Waals surface area contributed by atoms with Gasteiger partial charge in [0.1, 0.15) is 0 Å². The second kappa shape index (κ2) is 5.96. The number of fused-ring (bicyclic) bond motifs is 5. The molecule has 0 bridgehead atoms. The standard InChI is InChI=1S/C22H35NO2/c1-13-10-22(3)14(9-18(13)24)5-7-16-17-8-6-15(12-23)21(17,2)11-19(25-4)20(16)22/h13-20,24H,5-11H2,1-4H3/t13-,14+,15-,16?,17+,18+,19+,20-,21-,22+/m1/s1. The predicted octanol–water partition coefficient (Wildman–Crippen LogP) is 4.40. The number of aliphatic hydroxyl groups excluding tert-OH is 1. The Bertz CT molecular complexity index is 571. The lowest BCUT2D eigenvalue weighted by atomic mass is 9.43. The van der Waals surface area contributed by atoms with Gasteiger partial charge in [0.25, 0.3) is 0 Å². The molecular weight excluding hydrogens is 310 g/mol. The molecule has 140 valence electrons. The van der Waals surface area contributed by atoms with E-state index < -0.39 is 0 Å². The summed E-state index contributed by atoms with van der Waals surface area (Å²) in [5, 5.41) is 20.1. The molecule has 0 aliphatic heterocycles. The molecule has 0 aromatic rings. The first-order valence-corrected chi connectivity index (χ1v) is 10.5. The van der Waals surface area contributed by atoms with Crippen molar-refractivity contribution in [3.8, 4) is 6.07 Å². The zero-order valence-electron chi connectivity index (χ0n) is 16.4. The molecule has 0 spiro atoms. The minimum absolute atomic E-state index is 0.126. The highest BCUT2D eigenvalue weighted by Crippen LogP contribution is 2.68. The van der Waals surface area contributed by atoms with Crippen molar-refractivity contribution in [1.82, 2.24) is 0 Å². The Morgan fingerprint density at radius 1 is 1.08 bits per heavy atom. The highest BCUT2D eigenvalue weighted by molar-refractivity contribution is 5.15. The third-order valence-electron chi connectivity index (χ3n) is 9.37. The molecule has 0 radical (unpaired) electrons. The summed E-state index contributed by atoms with van der Waals surface area (Å²) in [6, 6.07) is 2.63. The maximum absolute atomic E-state index is 10.4. The molecule has 25 heavy (non-hydrogen) atoms. The summed E-state index contributed by atoms with van der Waals surface area (Å²) in [4.78, 5) is 0. The topological polar surface area (TPSA) is 53.2 Å². The van der Waals surface area contributed by atoms with Crippen LogP contribution in [0.25, 0.3) is 0 Å². The number of nitriles is 1. The third kappa shape index (κ3) is 2.36. The molecule has 4 saturated carbocycles. The fraction of sp³-hybridized carbons (Fsp3) is 0.955. The predicted molar refractivity (Wildman–Crippen MR) is 97.6 cm³/mol. The maximum Gasteiger partial charge on any atom is 0.0661 e. The first-order chi connectivity index (χ1) is 11.8. The molecule has 4 aliphatic rings. The van der Waals surface area contributed by atoms with Gasteiger partial charge in [0, 0.05) is 7.11 Å². The summed E-state index contributed by atoms with van der Waals surface area (Å²) in [5.41, 5.74) is 0.424. The average molecular weight is 346 g/mol. The van der Waals surface area contributed by atoms with Gasteiger partial charge in [-0.3, -0.25) is 0 Å². The van der Waals surface area contributed by atoms with Gasteiger partial charge in [0.2, 0.25) is 0 Å². The molecule has 1 unspecified atom stereocenters. The van der Waals surface area contributed by atoms with Gasteiger partial charge < -0.3 is 9.84 Å². The smallest absolute Gasteiger partial charge is 0.0661 e. The summed E-state index contributed by atoms with van der Waals surface area (Å²) >= 11 is 0. The van der Waals surface area contributed by atoms with Crippen LogP contribution in [0.5, 0.6) is 0 Å². The minimum Gasteiger partial charge on any atom is -0.393 e. The van der Waals surface area contributed by atoms with Gasteiger partial charge in [-0.25, -0.2) is 0 Å². The van der Waals surface area contributed by atoms with Crippen molar-refractivity contribution in [1.29, 1.82) is 5.26 Å². The van der Waals surface area contributed by atoms with Crippen LogP contribution < -0.4 is 0 Å². The molecule has 0 amide bonds. The molecule has 0 aromatic carbocycles. The fourth-order valence-corrected chi connectivity index (χ4v) is 8.12. The first-order valence-electron chi connectivity index (χ1n) is 10.5. The first kappa shape index (κ1) is 17.8. The number of aliphatic hydroxyl groups is 1. The minimum atomic E-state index is -0.126. The van der Waals surface area contributed by atoms with Crippen LogP contribution in [0.15, 0.2) is 0 Å². The van der Waals surface area contributed by atoms with E-state index in [0.29, 0.717) is 29.6 Å². The molecule has 4 aliphatic carbocycles. The molecule has 3 heteroatoms. The Labute approximate surface area is 153 Å². The Hall–Kier alpha value is -0.590. The Kier molecular flexibility index (Phi) is 4.25. The van der Waals surface area contributed by atoms with Crippen LogP contribution in [-0.2, 0) is 4.74 Å². The van der Waals surface area contributed by atoms with Crippen molar-refractivity contribution in [2.75, 3.05) is 7.11 Å². The maximum atomic E-state index is 10.4. The molecular formula is C22H35NO2. The van der Waals surface area contributed by atoms with E-state index in [4.69, 9.17) is 4.74 Å². The second-order valence-corrected chi connectivity index (χ2v) is 10.3. The monoisotopic (exact) mass is 345 g/mol. The Morgan fingerprint density at radius 3 is 2.52 bits per heavy atom. The summed E-state index contributed by atoms with van der Waals surface area (Å²) in [6.45, 7) is 7.11. The van der Waals surface area contributed by atoms with Gasteiger partial charge in [-0.05, 0) is 85.4 Å². The zero-order valence-corrected chi connectivity index (χ0v) is 16.4. The van der Waals surface area contributed by atoms with E-state index >= 15 is 0 Å². The molecule has 4 fully saturated rings. The Morgan fingerprint density at radius 2 is 1.84 bits per heavy atom. The quantitative estimate of drug-likeness (QED) is 0.766. The second-order valence-electron chi connectivity index (χ2n) is 10.3. The van der Waals surface area contributed by atoms with Crippen molar-refractivity contribution in [2.24, 2.45) is 46.3 Å². The van der Waals surface area contributed by atoms with Gasteiger partial charge in [-0.15, -0.1) is 0 Å². The van der Waals surface area contributed by atoms with Crippen LogP contribution in [-0.4, -0.2) is 24.4 Å². The van der Waals surface area contributed by atoms with Gasteiger partial charge in [0.15, 0.2) is 0 Å². The van der Waals surface area contributed by atoms with E-state index in [0.717, 1.165) is 25.7 Å². The molecule has 4 rings (SSSR count). The molecule has 0 aromatic heterocycles. The third-order valence-corrected chi connectivity index (χ3v) is 9.37. The molecule has 3 nitrogen and oxygen atoms in total. The number of hydrogen-bond donors (Lipinski definition) is 1. The molecule has 1 N–H and O–H groups in total. The van der Waals surface area contributed by atoms with Gasteiger partial charge in [0.05, 0.1) is 24.2 Å². The highest BCUT2D eigenvalue weighted by atomic mass is 16.5. The summed E-state index contributed by atoms with van der Waals surface area (Å²) in [7, 11) is 1.88. The van der Waals surface area contributed by atoms with Gasteiger partial charge in [-0.1, -0.05) is 20.8 Å². The van der Waals surface area contributed by atoms with Gasteiger partial charge in [-0.2, -0.15) is 5.26 Å². The fourth-order valence-electron chi connectivity index (χ4n) is 8.12. The SMILES string of the molecule is CO[C@H]1C[C@]2(C)[C@@H](C#N)CC[C@H]2C2CC[C@H]3C[C@H](O)[C@H](C)C[C@]3(C)[C@H]21. The van der Waals surface area contributed by atoms with Crippen molar-refractivity contribution < 1.29 is 9.84 Å². The van der Waals surface area contributed by atoms with Crippen LogP contribution in [0.1, 0.15) is 65.7 Å². The van der Waals surface area contributed by atoms with E-state index in [2.05, 4.69) is 26.8 Å². The molecule has 0 heterocycles. The van der Waals surface area contributed by atoms with Crippen LogP contribution in [0.4, 0.5) is 0 Å². The summed E-state index contributed by atoms with van der Waals surface area (Å²) in [5.74, 6) is 3.21. The van der Waals surface area contributed by atoms with E-state index in [-0.39, 0.29) is 29.0 Å². The number of rotatable bonds is 1. The highest BCUT2D eigenvalue weighted by Gasteiger charge is 2.64. The van der Waals surface area contributed by atoms with Crippen molar-refractivity contribution in [3.05, 3.63) is 0 Å². The lowest BCUT2D eigenvalue weighted by Gasteiger charge is -2.63. The Balaban J connectivity index is 1.71. The molecule has 10 atom stereocenters. The lowest BCUT2D eigenvalue weighted by Crippen LogP contribution is -2.60. The lowest BCUT2D eigenvalue weighted by molar-refractivity contribution is -0.191. The van der Waals surface area contributed by atoms with Crippen LogP contribution in [0.3, 0.4) is 0 Å². The van der Waals surface area contributed by atoms with Crippen molar-refractivity contribution in [3.63, 3.8) is 0 Å². The van der Waals surface area contributed by atoms with Crippen molar-refractivity contribution >= 4 is 0 Å². The van der Waals surface area contributed by atoms with E-state index in [1.807, 2.05) is 7.11 Å². The van der Waals surface area contributed by atoms with E-state index in [1.165, 1.54) is 19.3 Å². The van der Waals surface area contributed by atoms with Gasteiger partial charge >= 0.3 is 0 Å². The van der Waals surface area contributed by atoms with E-state index in [9.17, 15) is 10.4 Å². The average Bonchev–Trinajstić information content (AvgIpc) is 2.91. The normalized spacial score (nSPS) is 57.9. The molecule has 0 saturated heterocycles. The van der Waals surface area contributed by atoms with Crippen LogP contribution in [0, 0.1) is 57.7 Å². The van der Waals surface area contributed by atoms with E-state index in [1.54, 1.807) is 0 Å². The summed E-state index contributed by atoms with van der Waals surface area (Å²) < 4.78 is 6.13. The van der Waals surface area contributed by atoms with Crippen molar-refractivity contribution in [2.45, 2.75) is 77.9 Å². The van der Waals surface area contributed by atoms with Crippen LogP contribution >= 0.6 is 0 Å². The number of hydrogen-bond acceptors (Lipinski definition) is 3. The number of ether oxygens (including phenoxy) is 1.